The molecule has 0 saturated carbocycles. The quantitative estimate of drug-likeness (QED) is 0.875. The maximum absolute atomic E-state index is 12.7. The van der Waals surface area contributed by atoms with Gasteiger partial charge < -0.3 is 10.2 Å². The van der Waals surface area contributed by atoms with E-state index in [2.05, 4.69) is 20.3 Å². The molecule has 2 aliphatic rings. The Kier molecular flexibility index (Phi) is 5.67. The van der Waals surface area contributed by atoms with Gasteiger partial charge in [-0.2, -0.15) is 5.10 Å². The smallest absolute Gasteiger partial charge is 0.253 e. The number of rotatable bonds is 3. The standard InChI is InChI=1S/C17H22N6O.ClH/c24-17(14-1-3-15(4-2-14)23-13-19-12-20-23)22-8-5-16(11-22)21-9-6-18-7-10-21;/h1-4,12-13,16,18H,5-11H2;1H. The first-order valence-electron chi connectivity index (χ1n) is 8.50. The first-order chi connectivity index (χ1) is 11.8. The monoisotopic (exact) mass is 362 g/mol. The highest BCUT2D eigenvalue weighted by atomic mass is 35.5. The van der Waals surface area contributed by atoms with E-state index in [1.807, 2.05) is 29.2 Å². The summed E-state index contributed by atoms with van der Waals surface area (Å²) < 4.78 is 1.69. The van der Waals surface area contributed by atoms with Gasteiger partial charge in [0.2, 0.25) is 0 Å². The Balaban J connectivity index is 0.00000182. The van der Waals surface area contributed by atoms with Gasteiger partial charge in [-0.3, -0.25) is 9.69 Å². The molecule has 0 spiro atoms. The molecule has 4 rings (SSSR count). The highest BCUT2D eigenvalue weighted by Gasteiger charge is 2.31. The van der Waals surface area contributed by atoms with E-state index in [1.54, 1.807) is 11.0 Å². The van der Waals surface area contributed by atoms with E-state index < -0.39 is 0 Å². The van der Waals surface area contributed by atoms with Crippen LogP contribution >= 0.6 is 12.4 Å². The maximum atomic E-state index is 12.7. The molecule has 3 heterocycles. The highest BCUT2D eigenvalue weighted by molar-refractivity contribution is 5.94. The number of halogens is 1. The van der Waals surface area contributed by atoms with E-state index in [0.29, 0.717) is 6.04 Å². The molecule has 1 unspecified atom stereocenters. The summed E-state index contributed by atoms with van der Waals surface area (Å²) in [5.74, 6) is 0.123. The van der Waals surface area contributed by atoms with Gasteiger partial charge in [-0.15, -0.1) is 12.4 Å². The lowest BCUT2D eigenvalue weighted by Gasteiger charge is -2.32. The number of nitrogens with zero attached hydrogens (tertiary/aromatic N) is 5. The molecule has 1 aromatic carbocycles. The lowest BCUT2D eigenvalue weighted by Crippen LogP contribution is -2.49. The zero-order valence-electron chi connectivity index (χ0n) is 14.0. The minimum atomic E-state index is 0. The minimum absolute atomic E-state index is 0. The zero-order chi connectivity index (χ0) is 16.4. The Bertz CT molecular complexity index is 684. The fraction of sp³-hybridized carbons (Fsp3) is 0.471. The second-order valence-corrected chi connectivity index (χ2v) is 6.37. The van der Waals surface area contributed by atoms with Gasteiger partial charge in [-0.1, -0.05) is 0 Å². The van der Waals surface area contributed by atoms with Gasteiger partial charge in [0.15, 0.2) is 0 Å². The molecule has 2 fully saturated rings. The molecular formula is C17H23ClN6O. The molecule has 8 heteroatoms. The van der Waals surface area contributed by atoms with Crippen LogP contribution in [0.5, 0.6) is 0 Å². The first kappa shape index (κ1) is 17.8. The van der Waals surface area contributed by atoms with Gasteiger partial charge in [-0.05, 0) is 30.7 Å². The Morgan fingerprint density at radius 2 is 1.88 bits per heavy atom. The molecule has 25 heavy (non-hydrogen) atoms. The van der Waals surface area contributed by atoms with Gasteiger partial charge >= 0.3 is 0 Å². The summed E-state index contributed by atoms with van der Waals surface area (Å²) in [7, 11) is 0. The normalized spacial score (nSPS) is 21.1. The number of aromatic nitrogens is 3. The molecular weight excluding hydrogens is 340 g/mol. The van der Waals surface area contributed by atoms with E-state index in [0.717, 1.165) is 56.9 Å². The second kappa shape index (κ2) is 7.95. The van der Waals surface area contributed by atoms with E-state index in [4.69, 9.17) is 0 Å². The minimum Gasteiger partial charge on any atom is -0.337 e. The molecule has 2 saturated heterocycles. The number of hydrogen-bond donors (Lipinski definition) is 1. The molecule has 2 aromatic rings. The number of piperazine rings is 1. The molecule has 134 valence electrons. The number of benzene rings is 1. The average Bonchev–Trinajstić information content (AvgIpc) is 3.34. The Labute approximate surface area is 153 Å². The second-order valence-electron chi connectivity index (χ2n) is 6.37. The molecule has 1 atom stereocenters. The number of carbonyl (C=O) groups is 1. The van der Waals surface area contributed by atoms with Crippen LogP contribution in [0.3, 0.4) is 0 Å². The lowest BCUT2D eigenvalue weighted by molar-refractivity contribution is 0.0773. The van der Waals surface area contributed by atoms with Crippen LogP contribution in [0.25, 0.3) is 5.69 Å². The van der Waals surface area contributed by atoms with Crippen molar-refractivity contribution in [2.75, 3.05) is 39.3 Å². The van der Waals surface area contributed by atoms with Gasteiger partial charge in [0, 0.05) is 50.9 Å². The fourth-order valence-electron chi connectivity index (χ4n) is 3.55. The number of amides is 1. The maximum Gasteiger partial charge on any atom is 0.253 e. The third-order valence-electron chi connectivity index (χ3n) is 4.92. The van der Waals surface area contributed by atoms with Crippen LogP contribution in [-0.2, 0) is 0 Å². The Morgan fingerprint density at radius 3 is 2.56 bits per heavy atom. The average molecular weight is 363 g/mol. The van der Waals surface area contributed by atoms with Crippen molar-refractivity contribution in [1.82, 2.24) is 29.9 Å². The van der Waals surface area contributed by atoms with Crippen LogP contribution in [0.1, 0.15) is 16.8 Å². The summed E-state index contributed by atoms with van der Waals surface area (Å²) in [5, 5.41) is 7.48. The number of carbonyl (C=O) groups excluding carboxylic acids is 1. The van der Waals surface area contributed by atoms with Crippen molar-refractivity contribution >= 4 is 18.3 Å². The number of likely N-dealkylation sites (tertiary alicyclic amines) is 1. The summed E-state index contributed by atoms with van der Waals surface area (Å²) in [6.07, 6.45) is 4.22. The van der Waals surface area contributed by atoms with Crippen LogP contribution in [0.15, 0.2) is 36.9 Å². The Morgan fingerprint density at radius 1 is 1.12 bits per heavy atom. The molecule has 0 aliphatic carbocycles. The van der Waals surface area contributed by atoms with Crippen molar-refractivity contribution in [3.8, 4) is 5.69 Å². The third-order valence-corrected chi connectivity index (χ3v) is 4.92. The van der Waals surface area contributed by atoms with E-state index in [-0.39, 0.29) is 18.3 Å². The van der Waals surface area contributed by atoms with Gasteiger partial charge in [0.25, 0.3) is 5.91 Å². The number of hydrogen-bond acceptors (Lipinski definition) is 5. The summed E-state index contributed by atoms with van der Waals surface area (Å²) in [4.78, 5) is 21.2. The molecule has 1 aromatic heterocycles. The van der Waals surface area contributed by atoms with E-state index >= 15 is 0 Å². The van der Waals surface area contributed by atoms with E-state index in [9.17, 15) is 4.79 Å². The van der Waals surface area contributed by atoms with Gasteiger partial charge in [-0.25, -0.2) is 9.67 Å². The summed E-state index contributed by atoms with van der Waals surface area (Å²) in [6.45, 7) is 5.95. The largest absolute Gasteiger partial charge is 0.337 e. The molecule has 1 amide bonds. The van der Waals surface area contributed by atoms with Crippen molar-refractivity contribution in [3.05, 3.63) is 42.5 Å². The van der Waals surface area contributed by atoms with Crippen LogP contribution < -0.4 is 5.32 Å². The van der Waals surface area contributed by atoms with Crippen molar-refractivity contribution in [2.45, 2.75) is 12.5 Å². The Hall–Kier alpha value is -1.96. The third kappa shape index (κ3) is 3.84. The molecule has 0 bridgehead atoms. The summed E-state index contributed by atoms with van der Waals surface area (Å²) in [6, 6.07) is 8.07. The summed E-state index contributed by atoms with van der Waals surface area (Å²) >= 11 is 0. The SMILES string of the molecule is Cl.O=C(c1ccc(-n2cncn2)cc1)N1CCC(N2CCNCC2)C1. The highest BCUT2D eigenvalue weighted by Crippen LogP contribution is 2.19. The van der Waals surface area contributed by atoms with Crippen molar-refractivity contribution in [2.24, 2.45) is 0 Å². The van der Waals surface area contributed by atoms with Crippen LogP contribution in [0, 0.1) is 0 Å². The predicted molar refractivity (Wildman–Crippen MR) is 97.4 cm³/mol. The fourth-order valence-corrected chi connectivity index (χ4v) is 3.55. The van der Waals surface area contributed by atoms with E-state index in [1.165, 1.54) is 6.33 Å². The predicted octanol–water partition coefficient (Wildman–Crippen LogP) is 0.809. The van der Waals surface area contributed by atoms with Crippen molar-refractivity contribution < 1.29 is 4.79 Å². The van der Waals surface area contributed by atoms with Crippen LogP contribution in [0.4, 0.5) is 0 Å². The van der Waals surface area contributed by atoms with Crippen molar-refractivity contribution in [3.63, 3.8) is 0 Å². The summed E-state index contributed by atoms with van der Waals surface area (Å²) in [5.41, 5.74) is 1.64. The molecule has 0 radical (unpaired) electrons. The van der Waals surface area contributed by atoms with Crippen LogP contribution in [-0.4, -0.2) is 75.8 Å². The topological polar surface area (TPSA) is 66.3 Å². The molecule has 1 N–H and O–H groups in total. The van der Waals surface area contributed by atoms with Crippen LogP contribution in [0.2, 0.25) is 0 Å². The zero-order valence-corrected chi connectivity index (χ0v) is 14.9. The number of nitrogens with one attached hydrogen (secondary N) is 1. The lowest BCUT2D eigenvalue weighted by atomic mass is 10.2. The first-order valence-corrected chi connectivity index (χ1v) is 8.50. The molecule has 7 nitrogen and oxygen atoms in total. The van der Waals surface area contributed by atoms with Gasteiger partial charge in [0.05, 0.1) is 5.69 Å². The molecule has 2 aliphatic heterocycles. The van der Waals surface area contributed by atoms with Gasteiger partial charge in [0.1, 0.15) is 12.7 Å². The van der Waals surface area contributed by atoms with Crippen molar-refractivity contribution in [1.29, 1.82) is 0 Å².